The summed E-state index contributed by atoms with van der Waals surface area (Å²) in [6.45, 7) is 0.647. The lowest BCUT2D eigenvalue weighted by molar-refractivity contribution is -0.133. The molecule has 1 aromatic heterocycles. The lowest BCUT2D eigenvalue weighted by atomic mass is 10.2. The number of nitrogens with zero attached hydrogens (tertiary/aromatic N) is 2. The minimum atomic E-state index is -0.167. The zero-order valence-corrected chi connectivity index (χ0v) is 15.6. The third-order valence-electron chi connectivity index (χ3n) is 3.80. The molecule has 4 nitrogen and oxygen atoms in total. The summed E-state index contributed by atoms with van der Waals surface area (Å²) in [6, 6.07) is 11.4. The van der Waals surface area contributed by atoms with Crippen molar-refractivity contribution in [3.63, 3.8) is 0 Å². The molecule has 1 amide bonds. The van der Waals surface area contributed by atoms with Crippen molar-refractivity contribution in [3.8, 4) is 0 Å². The number of rotatable bonds is 5. The summed E-state index contributed by atoms with van der Waals surface area (Å²) in [7, 11) is 0. The molecule has 6 heteroatoms. The van der Waals surface area contributed by atoms with Crippen LogP contribution in [0.2, 0.25) is 0 Å². The highest BCUT2D eigenvalue weighted by atomic mass is 79.9. The van der Waals surface area contributed by atoms with E-state index in [4.69, 9.17) is 0 Å². The normalized spacial score (nSPS) is 13.8. The molecule has 3 rings (SSSR count). The van der Waals surface area contributed by atoms with Gasteiger partial charge in [-0.25, -0.2) is 0 Å². The van der Waals surface area contributed by atoms with E-state index in [0.29, 0.717) is 12.6 Å². The summed E-state index contributed by atoms with van der Waals surface area (Å²) >= 11 is 6.80. The molecule has 0 unspecified atom stereocenters. The Morgan fingerprint density at radius 3 is 2.65 bits per heavy atom. The zero-order valence-electron chi connectivity index (χ0n) is 12.4. The van der Waals surface area contributed by atoms with E-state index in [-0.39, 0.29) is 18.0 Å². The van der Waals surface area contributed by atoms with Gasteiger partial charge < -0.3 is 9.47 Å². The second kappa shape index (κ2) is 7.01. The number of hydrogen-bond donors (Lipinski definition) is 0. The molecule has 0 saturated heterocycles. The van der Waals surface area contributed by atoms with Crippen LogP contribution in [-0.2, 0) is 17.9 Å². The largest absolute Gasteiger partial charge is 0.334 e. The van der Waals surface area contributed by atoms with Crippen molar-refractivity contribution in [1.29, 1.82) is 0 Å². The summed E-state index contributed by atoms with van der Waals surface area (Å²) in [6.07, 6.45) is 3.73. The maximum absolute atomic E-state index is 12.7. The minimum Gasteiger partial charge on any atom is -0.334 e. The molecule has 1 aliphatic rings. The van der Waals surface area contributed by atoms with Gasteiger partial charge in [-0.3, -0.25) is 9.59 Å². The Hall–Kier alpha value is -1.40. The Balaban J connectivity index is 1.77. The second-order valence-electron chi connectivity index (χ2n) is 5.70. The first-order chi connectivity index (χ1) is 11.0. The Bertz CT molecular complexity index is 784. The van der Waals surface area contributed by atoms with Gasteiger partial charge in [0, 0.05) is 33.8 Å². The predicted molar refractivity (Wildman–Crippen MR) is 96.1 cm³/mol. The van der Waals surface area contributed by atoms with Gasteiger partial charge in [0.05, 0.1) is 0 Å². The lowest BCUT2D eigenvalue weighted by Crippen LogP contribution is -2.37. The topological polar surface area (TPSA) is 42.3 Å². The third kappa shape index (κ3) is 4.32. The van der Waals surface area contributed by atoms with Crippen molar-refractivity contribution >= 4 is 37.8 Å². The molecule has 0 spiro atoms. The fourth-order valence-electron chi connectivity index (χ4n) is 2.50. The molecule has 120 valence electrons. The maximum atomic E-state index is 12.7. The monoisotopic (exact) mass is 438 g/mol. The highest BCUT2D eigenvalue weighted by Gasteiger charge is 2.32. The van der Waals surface area contributed by atoms with Crippen LogP contribution >= 0.6 is 31.9 Å². The molecule has 1 aliphatic carbocycles. The second-order valence-corrected chi connectivity index (χ2v) is 7.53. The van der Waals surface area contributed by atoms with Crippen LogP contribution in [0.15, 0.2) is 56.3 Å². The molecule has 0 aliphatic heterocycles. The third-order valence-corrected chi connectivity index (χ3v) is 4.77. The van der Waals surface area contributed by atoms with E-state index in [1.807, 2.05) is 29.2 Å². The molecular weight excluding hydrogens is 424 g/mol. The van der Waals surface area contributed by atoms with Crippen molar-refractivity contribution in [3.05, 3.63) is 67.5 Å². The van der Waals surface area contributed by atoms with Gasteiger partial charge in [-0.1, -0.05) is 28.1 Å². The van der Waals surface area contributed by atoms with Crippen LogP contribution in [0, 0.1) is 0 Å². The molecule has 1 aromatic carbocycles. The van der Waals surface area contributed by atoms with Crippen LogP contribution in [-0.4, -0.2) is 21.4 Å². The van der Waals surface area contributed by atoms with Crippen molar-refractivity contribution in [2.24, 2.45) is 0 Å². The lowest BCUT2D eigenvalue weighted by Gasteiger charge is -2.23. The highest BCUT2D eigenvalue weighted by Crippen LogP contribution is 2.29. The molecule has 2 aromatic rings. The fraction of sp³-hybridized carbons (Fsp3) is 0.294. The number of amides is 1. The van der Waals surface area contributed by atoms with Crippen molar-refractivity contribution < 1.29 is 4.79 Å². The van der Waals surface area contributed by atoms with Crippen LogP contribution in [0.1, 0.15) is 18.4 Å². The number of carbonyl (C=O) groups is 1. The Morgan fingerprint density at radius 1 is 1.17 bits per heavy atom. The standard InChI is InChI=1S/C17H16Br2N2O2/c18-13-3-1-2-12(8-13)9-21(15-5-6-15)17(23)11-20-10-14(19)4-7-16(20)22/h1-4,7-8,10,15H,5-6,9,11H2. The van der Waals surface area contributed by atoms with Gasteiger partial charge in [0.2, 0.25) is 5.91 Å². The van der Waals surface area contributed by atoms with Gasteiger partial charge in [-0.2, -0.15) is 0 Å². The molecule has 23 heavy (non-hydrogen) atoms. The molecule has 0 atom stereocenters. The summed E-state index contributed by atoms with van der Waals surface area (Å²) in [5.74, 6) is -0.0207. The molecule has 0 radical (unpaired) electrons. The first-order valence-electron chi connectivity index (χ1n) is 7.43. The number of aromatic nitrogens is 1. The van der Waals surface area contributed by atoms with Gasteiger partial charge in [0.15, 0.2) is 0 Å². The minimum absolute atomic E-state index is 0.0207. The van der Waals surface area contributed by atoms with Crippen molar-refractivity contribution in [2.45, 2.75) is 32.0 Å². The van der Waals surface area contributed by atoms with E-state index in [1.165, 1.54) is 10.6 Å². The Kier molecular flexibility index (Phi) is 5.02. The molecule has 0 bridgehead atoms. The Morgan fingerprint density at radius 2 is 1.96 bits per heavy atom. The van der Waals surface area contributed by atoms with E-state index in [2.05, 4.69) is 31.9 Å². The number of halogens is 2. The van der Waals surface area contributed by atoms with E-state index in [0.717, 1.165) is 27.4 Å². The number of hydrogen-bond acceptors (Lipinski definition) is 2. The van der Waals surface area contributed by atoms with E-state index in [9.17, 15) is 9.59 Å². The first kappa shape index (κ1) is 16.5. The average molecular weight is 440 g/mol. The SMILES string of the molecule is O=C(Cn1cc(Br)ccc1=O)N(Cc1cccc(Br)c1)C1CC1. The molecular formula is C17H16Br2N2O2. The van der Waals surface area contributed by atoms with E-state index < -0.39 is 0 Å². The zero-order chi connectivity index (χ0) is 16.4. The first-order valence-corrected chi connectivity index (χ1v) is 9.01. The molecule has 1 fully saturated rings. The summed E-state index contributed by atoms with van der Waals surface area (Å²) in [5, 5.41) is 0. The fourth-order valence-corrected chi connectivity index (χ4v) is 3.33. The summed E-state index contributed by atoms with van der Waals surface area (Å²) in [4.78, 5) is 26.5. The number of pyridine rings is 1. The number of benzene rings is 1. The van der Waals surface area contributed by atoms with Gasteiger partial charge in [0.25, 0.3) is 5.56 Å². The predicted octanol–water partition coefficient (Wildman–Crippen LogP) is 3.56. The van der Waals surface area contributed by atoms with Crippen molar-refractivity contribution in [2.75, 3.05) is 0 Å². The number of carbonyl (C=O) groups excluding carboxylic acids is 1. The van der Waals surface area contributed by atoms with E-state index in [1.54, 1.807) is 12.3 Å². The van der Waals surface area contributed by atoms with E-state index >= 15 is 0 Å². The van der Waals surface area contributed by atoms with Crippen molar-refractivity contribution in [1.82, 2.24) is 9.47 Å². The van der Waals surface area contributed by atoms with Crippen LogP contribution in [0.25, 0.3) is 0 Å². The summed E-state index contributed by atoms with van der Waals surface area (Å²) in [5.41, 5.74) is 0.918. The molecule has 1 heterocycles. The molecule has 1 saturated carbocycles. The van der Waals surface area contributed by atoms with Gasteiger partial charge in [-0.05, 0) is 52.5 Å². The van der Waals surface area contributed by atoms with Crippen LogP contribution in [0.4, 0.5) is 0 Å². The van der Waals surface area contributed by atoms with Gasteiger partial charge >= 0.3 is 0 Å². The highest BCUT2D eigenvalue weighted by molar-refractivity contribution is 9.10. The summed E-state index contributed by atoms with van der Waals surface area (Å²) < 4.78 is 3.24. The smallest absolute Gasteiger partial charge is 0.251 e. The Labute approximate surface area is 151 Å². The van der Waals surface area contributed by atoms with Gasteiger partial charge in [0.1, 0.15) is 6.54 Å². The van der Waals surface area contributed by atoms with Crippen LogP contribution < -0.4 is 5.56 Å². The maximum Gasteiger partial charge on any atom is 0.251 e. The quantitative estimate of drug-likeness (QED) is 0.714. The molecule has 0 N–H and O–H groups in total. The van der Waals surface area contributed by atoms with Crippen LogP contribution in [0.5, 0.6) is 0 Å². The average Bonchev–Trinajstić information content (AvgIpc) is 3.33. The van der Waals surface area contributed by atoms with Gasteiger partial charge in [-0.15, -0.1) is 0 Å². The van der Waals surface area contributed by atoms with Crippen LogP contribution in [0.3, 0.4) is 0 Å².